The molecule has 3 aliphatic rings. The number of aryl methyl sites for hydroxylation is 2. The van der Waals surface area contributed by atoms with Crippen molar-refractivity contribution in [3.05, 3.63) is 82.6 Å². The van der Waals surface area contributed by atoms with Crippen molar-refractivity contribution in [2.45, 2.75) is 44.2 Å². The molecule has 0 amide bonds. The first-order valence-corrected chi connectivity index (χ1v) is 12.6. The molecule has 0 bridgehead atoms. The Morgan fingerprint density at radius 1 is 0.857 bits per heavy atom. The van der Waals surface area contributed by atoms with Crippen LogP contribution in [0.5, 0.6) is 0 Å². The van der Waals surface area contributed by atoms with Crippen LogP contribution in [0, 0.1) is 11.8 Å². The summed E-state index contributed by atoms with van der Waals surface area (Å²) in [6, 6.07) is 13.2. The van der Waals surface area contributed by atoms with E-state index in [0.717, 1.165) is 72.6 Å². The van der Waals surface area contributed by atoms with E-state index in [1.807, 2.05) is 12.1 Å². The Morgan fingerprint density at radius 2 is 1.74 bits per heavy atom. The van der Waals surface area contributed by atoms with Crippen LogP contribution < -0.4 is 10.6 Å². The third-order valence-corrected chi connectivity index (χ3v) is 7.52. The number of nitrogens with one attached hydrogen (secondary N) is 4. The van der Waals surface area contributed by atoms with Gasteiger partial charge in [0.1, 0.15) is 11.6 Å². The van der Waals surface area contributed by atoms with Gasteiger partial charge in [0.15, 0.2) is 0 Å². The third kappa shape index (κ3) is 3.68. The summed E-state index contributed by atoms with van der Waals surface area (Å²) in [6.45, 7) is 6.21. The molecule has 6 nitrogen and oxygen atoms in total. The Bertz CT molecular complexity index is 1520. The van der Waals surface area contributed by atoms with Crippen molar-refractivity contribution in [2.75, 3.05) is 13.1 Å². The molecule has 2 aromatic heterocycles. The van der Waals surface area contributed by atoms with Crippen LogP contribution in [0.25, 0.3) is 22.3 Å². The van der Waals surface area contributed by atoms with Gasteiger partial charge in [0.25, 0.3) is 0 Å². The van der Waals surface area contributed by atoms with Crippen LogP contribution in [-0.4, -0.2) is 33.0 Å². The van der Waals surface area contributed by atoms with Crippen molar-refractivity contribution in [3.63, 3.8) is 0 Å². The van der Waals surface area contributed by atoms with Crippen molar-refractivity contribution < 1.29 is 0 Å². The number of imidazole rings is 2. The van der Waals surface area contributed by atoms with Gasteiger partial charge in [-0.3, -0.25) is 0 Å². The Kier molecular flexibility index (Phi) is 4.86. The van der Waals surface area contributed by atoms with E-state index in [-0.39, 0.29) is 6.04 Å². The minimum Gasteiger partial charge on any atom is -0.340 e. The first-order valence-electron chi connectivity index (χ1n) is 12.6. The number of hydrogen-bond acceptors (Lipinski definition) is 4. The number of rotatable bonds is 2. The summed E-state index contributed by atoms with van der Waals surface area (Å²) < 4.78 is 0. The van der Waals surface area contributed by atoms with Gasteiger partial charge in [0, 0.05) is 16.7 Å². The minimum absolute atomic E-state index is 0.119. The van der Waals surface area contributed by atoms with E-state index in [4.69, 9.17) is 9.97 Å². The molecular formula is C29H28N6. The van der Waals surface area contributed by atoms with Crippen molar-refractivity contribution >= 4 is 11.0 Å². The monoisotopic (exact) mass is 460 g/mol. The molecule has 2 saturated heterocycles. The zero-order valence-electron chi connectivity index (χ0n) is 19.7. The summed E-state index contributed by atoms with van der Waals surface area (Å²) in [5.74, 6) is 8.75. The van der Waals surface area contributed by atoms with Gasteiger partial charge < -0.3 is 20.6 Å². The van der Waals surface area contributed by atoms with Crippen LogP contribution in [0.2, 0.25) is 0 Å². The van der Waals surface area contributed by atoms with Crippen molar-refractivity contribution in [1.29, 1.82) is 0 Å². The molecule has 0 spiro atoms. The van der Waals surface area contributed by atoms with E-state index in [1.54, 1.807) is 0 Å². The second-order valence-electron chi connectivity index (χ2n) is 9.86. The Labute approximate surface area is 204 Å². The summed E-state index contributed by atoms with van der Waals surface area (Å²) in [4.78, 5) is 16.8. The summed E-state index contributed by atoms with van der Waals surface area (Å²) in [5.41, 5.74) is 10.2. The maximum absolute atomic E-state index is 4.92. The lowest BCUT2D eigenvalue weighted by Crippen LogP contribution is -2.14. The van der Waals surface area contributed by atoms with Crippen LogP contribution >= 0.6 is 0 Å². The zero-order valence-corrected chi connectivity index (χ0v) is 19.7. The minimum atomic E-state index is 0.119. The van der Waals surface area contributed by atoms with Crippen LogP contribution in [0.1, 0.15) is 65.4 Å². The molecule has 4 N–H and O–H groups in total. The Balaban J connectivity index is 1.15. The fourth-order valence-electron chi connectivity index (χ4n) is 5.64. The summed E-state index contributed by atoms with van der Waals surface area (Å²) in [6.07, 6.45) is 5.36. The third-order valence-electron chi connectivity index (χ3n) is 7.52. The molecular weight excluding hydrogens is 432 g/mol. The maximum Gasteiger partial charge on any atom is 0.128 e. The molecule has 4 heterocycles. The zero-order chi connectivity index (χ0) is 23.4. The van der Waals surface area contributed by atoms with Crippen LogP contribution in [-0.2, 0) is 12.8 Å². The number of fused-ring (bicyclic) bond motifs is 4. The first kappa shape index (κ1) is 20.7. The number of aromatic amines is 2. The average Bonchev–Trinajstić information content (AvgIpc) is 3.67. The lowest BCUT2D eigenvalue weighted by Gasteiger charge is -2.15. The average molecular weight is 461 g/mol. The van der Waals surface area contributed by atoms with Crippen molar-refractivity contribution in [3.8, 4) is 23.1 Å². The highest BCUT2D eigenvalue weighted by Gasteiger charge is 2.25. The quantitative estimate of drug-likeness (QED) is 0.263. The van der Waals surface area contributed by atoms with Crippen molar-refractivity contribution in [2.24, 2.45) is 0 Å². The van der Waals surface area contributed by atoms with Gasteiger partial charge in [0.05, 0.1) is 34.5 Å². The molecule has 7 rings (SSSR count). The van der Waals surface area contributed by atoms with Gasteiger partial charge in [-0.25, -0.2) is 9.97 Å². The highest BCUT2D eigenvalue weighted by atomic mass is 15.1. The van der Waals surface area contributed by atoms with Crippen LogP contribution in [0.3, 0.4) is 0 Å². The molecule has 0 saturated carbocycles. The molecule has 1 unspecified atom stereocenters. The van der Waals surface area contributed by atoms with Gasteiger partial charge in [0.2, 0.25) is 0 Å². The highest BCUT2D eigenvalue weighted by Crippen LogP contribution is 2.34. The summed E-state index contributed by atoms with van der Waals surface area (Å²) in [7, 11) is 0. The molecule has 1 aliphatic carbocycles. The number of H-pyrrole nitrogens is 2. The fraction of sp³-hybridized carbons (Fsp3) is 0.310. The van der Waals surface area contributed by atoms with E-state index in [1.165, 1.54) is 34.5 Å². The molecule has 2 fully saturated rings. The maximum atomic E-state index is 4.92. The number of nitrogens with zero attached hydrogens (tertiary/aromatic N) is 2. The summed E-state index contributed by atoms with van der Waals surface area (Å²) in [5, 5.41) is 7.01. The van der Waals surface area contributed by atoms with Crippen molar-refractivity contribution in [1.82, 2.24) is 30.6 Å². The normalized spacial score (nSPS) is 21.1. The lowest BCUT2D eigenvalue weighted by atomic mass is 9.91. The highest BCUT2D eigenvalue weighted by molar-refractivity contribution is 5.77. The number of aromatic nitrogens is 4. The van der Waals surface area contributed by atoms with Crippen LogP contribution in [0.4, 0.5) is 0 Å². The Hall–Kier alpha value is -3.66. The fourth-order valence-corrected chi connectivity index (χ4v) is 5.64. The van der Waals surface area contributed by atoms with E-state index < -0.39 is 0 Å². The predicted molar refractivity (Wildman–Crippen MR) is 138 cm³/mol. The predicted octanol–water partition coefficient (Wildman–Crippen LogP) is 4.47. The molecule has 0 radical (unpaired) electrons. The van der Waals surface area contributed by atoms with Crippen LogP contribution in [0.15, 0.2) is 48.6 Å². The van der Waals surface area contributed by atoms with E-state index in [0.29, 0.717) is 6.04 Å². The largest absolute Gasteiger partial charge is 0.340 e. The second-order valence-corrected chi connectivity index (χ2v) is 9.86. The molecule has 4 aromatic rings. The van der Waals surface area contributed by atoms with E-state index >= 15 is 0 Å². The molecule has 174 valence electrons. The second kappa shape index (κ2) is 8.23. The first-order chi connectivity index (χ1) is 17.2. The molecule has 2 aromatic carbocycles. The topological polar surface area (TPSA) is 81.4 Å². The molecule has 35 heavy (non-hydrogen) atoms. The van der Waals surface area contributed by atoms with Gasteiger partial charge in [-0.05, 0) is 81.1 Å². The smallest absolute Gasteiger partial charge is 0.128 e. The van der Waals surface area contributed by atoms with E-state index in [2.05, 4.69) is 63.3 Å². The number of hydrogen-bond donors (Lipinski definition) is 4. The number of benzene rings is 2. The standard InChI is InChI=1S/C29H28N6/c1-17-12-14-31-26(17)29-32-22-10-7-19(16-25(22)34-29)5-4-18-6-9-21-20(15-18)8-11-23-27(21)35-28(33-23)24-3-2-13-30-24/h6-7,9-10,15-16,24,26,30-31H,1-3,8,11-14H2,(H,32,34)(H,33,35)/t24?,26-/m0/s1. The lowest BCUT2D eigenvalue weighted by molar-refractivity contribution is 0.611. The van der Waals surface area contributed by atoms with Gasteiger partial charge in [-0.1, -0.05) is 30.1 Å². The summed E-state index contributed by atoms with van der Waals surface area (Å²) >= 11 is 0. The molecule has 2 aliphatic heterocycles. The SMILES string of the molecule is C=C1CCN[C@@H]1c1nc2ccc(C#Cc3ccc4c(c3)CCc3nc(C5CCCN5)[nH]c3-4)cc2[nH]1. The van der Waals surface area contributed by atoms with Gasteiger partial charge in [-0.15, -0.1) is 0 Å². The van der Waals surface area contributed by atoms with Gasteiger partial charge in [-0.2, -0.15) is 0 Å². The molecule has 6 heteroatoms. The molecule has 2 atom stereocenters. The van der Waals surface area contributed by atoms with E-state index in [9.17, 15) is 0 Å². The Morgan fingerprint density at radius 3 is 2.57 bits per heavy atom. The van der Waals surface area contributed by atoms with Gasteiger partial charge >= 0.3 is 0 Å².